The lowest BCUT2D eigenvalue weighted by Gasteiger charge is -2.04. The van der Waals surface area contributed by atoms with Gasteiger partial charge in [0, 0.05) is 6.07 Å². The van der Waals surface area contributed by atoms with Gasteiger partial charge in [0.15, 0.2) is 5.76 Å². The van der Waals surface area contributed by atoms with Crippen molar-refractivity contribution < 1.29 is 19.1 Å². The van der Waals surface area contributed by atoms with E-state index in [0.29, 0.717) is 17.1 Å². The minimum absolute atomic E-state index is 0.0253. The quantitative estimate of drug-likeness (QED) is 0.478. The van der Waals surface area contributed by atoms with E-state index in [1.54, 1.807) is 24.3 Å². The maximum atomic E-state index is 12.5. The van der Waals surface area contributed by atoms with Crippen LogP contribution in [-0.2, 0) is 11.2 Å². The average Bonchev–Trinajstić information content (AvgIpc) is 3.42. The van der Waals surface area contributed by atoms with E-state index < -0.39 is 0 Å². The molecule has 1 aliphatic carbocycles. The zero-order valence-electron chi connectivity index (χ0n) is 14.0. The fourth-order valence-electron chi connectivity index (χ4n) is 2.75. The molecule has 126 valence electrons. The standard InChI is InChI=1S/C21H18O4/c1-2-13-3-5-14(6-4-13)11-19-20(22)17-10-9-16(12-18(17)25-19)24-21(23)15-7-8-15/h3-6,9-12,15H,2,7-8H2,1H3/b19-11-. The lowest BCUT2D eigenvalue weighted by Crippen LogP contribution is -2.09. The highest BCUT2D eigenvalue weighted by molar-refractivity contribution is 6.14. The molecular weight excluding hydrogens is 316 g/mol. The number of Topliss-reactive ketones (excluding diaryl/α,β-unsaturated/α-hetero) is 1. The van der Waals surface area contributed by atoms with Crippen molar-refractivity contribution in [3.8, 4) is 11.5 Å². The third-order valence-electron chi connectivity index (χ3n) is 4.46. The van der Waals surface area contributed by atoms with Gasteiger partial charge in [-0.1, -0.05) is 31.2 Å². The van der Waals surface area contributed by atoms with Crippen LogP contribution in [-0.4, -0.2) is 11.8 Å². The summed E-state index contributed by atoms with van der Waals surface area (Å²) in [5.41, 5.74) is 2.64. The third-order valence-corrected chi connectivity index (χ3v) is 4.46. The average molecular weight is 334 g/mol. The van der Waals surface area contributed by atoms with Gasteiger partial charge in [0.05, 0.1) is 11.5 Å². The predicted molar refractivity (Wildman–Crippen MR) is 93.6 cm³/mol. The molecule has 0 amide bonds. The van der Waals surface area contributed by atoms with Crippen LogP contribution in [0.1, 0.15) is 41.3 Å². The topological polar surface area (TPSA) is 52.6 Å². The first kappa shape index (κ1) is 15.6. The van der Waals surface area contributed by atoms with Crippen LogP contribution in [0.4, 0.5) is 0 Å². The summed E-state index contributed by atoms with van der Waals surface area (Å²) in [5, 5.41) is 0. The van der Waals surface area contributed by atoms with Crippen LogP contribution < -0.4 is 9.47 Å². The SMILES string of the molecule is CCc1ccc(/C=C2\Oc3cc(OC(=O)C4CC4)ccc3C2=O)cc1. The van der Waals surface area contributed by atoms with Gasteiger partial charge in [0.25, 0.3) is 0 Å². The van der Waals surface area contributed by atoms with Crippen molar-refractivity contribution in [2.24, 2.45) is 5.92 Å². The second-order valence-electron chi connectivity index (χ2n) is 6.39. The van der Waals surface area contributed by atoms with Crippen molar-refractivity contribution in [2.45, 2.75) is 26.2 Å². The molecule has 1 fully saturated rings. The summed E-state index contributed by atoms with van der Waals surface area (Å²) in [5.74, 6) is 0.785. The van der Waals surface area contributed by atoms with E-state index in [4.69, 9.17) is 9.47 Å². The van der Waals surface area contributed by atoms with Crippen LogP contribution in [0.25, 0.3) is 6.08 Å². The highest BCUT2D eigenvalue weighted by Gasteiger charge is 2.32. The number of aryl methyl sites for hydroxylation is 1. The monoisotopic (exact) mass is 334 g/mol. The number of fused-ring (bicyclic) bond motifs is 1. The molecule has 4 heteroatoms. The summed E-state index contributed by atoms with van der Waals surface area (Å²) in [4.78, 5) is 24.2. The van der Waals surface area contributed by atoms with Crippen LogP contribution in [0.3, 0.4) is 0 Å². The smallest absolute Gasteiger partial charge is 0.314 e. The van der Waals surface area contributed by atoms with Crippen molar-refractivity contribution in [3.63, 3.8) is 0 Å². The number of carbonyl (C=O) groups is 2. The first-order chi connectivity index (χ1) is 12.1. The molecule has 0 atom stereocenters. The fraction of sp³-hybridized carbons (Fsp3) is 0.238. The first-order valence-corrected chi connectivity index (χ1v) is 8.53. The molecule has 0 bridgehead atoms. The minimum Gasteiger partial charge on any atom is -0.452 e. The molecular formula is C21H18O4. The van der Waals surface area contributed by atoms with E-state index in [1.807, 2.05) is 24.3 Å². The van der Waals surface area contributed by atoms with Gasteiger partial charge in [0.1, 0.15) is 11.5 Å². The van der Waals surface area contributed by atoms with Gasteiger partial charge in [-0.2, -0.15) is 0 Å². The molecule has 1 aliphatic heterocycles. The van der Waals surface area contributed by atoms with Crippen LogP contribution in [0, 0.1) is 5.92 Å². The number of hydrogen-bond acceptors (Lipinski definition) is 4. The van der Waals surface area contributed by atoms with Gasteiger partial charge in [0.2, 0.25) is 5.78 Å². The zero-order chi connectivity index (χ0) is 17.4. The Balaban J connectivity index is 1.55. The van der Waals surface area contributed by atoms with Gasteiger partial charge in [-0.25, -0.2) is 0 Å². The molecule has 0 unspecified atom stereocenters. The summed E-state index contributed by atoms with van der Waals surface area (Å²) in [6, 6.07) is 12.9. The Hall–Kier alpha value is -2.88. The van der Waals surface area contributed by atoms with Gasteiger partial charge >= 0.3 is 5.97 Å². The summed E-state index contributed by atoms with van der Waals surface area (Å²) >= 11 is 0. The predicted octanol–water partition coefficient (Wildman–Crippen LogP) is 4.18. The first-order valence-electron chi connectivity index (χ1n) is 8.53. The largest absolute Gasteiger partial charge is 0.452 e. The Bertz CT molecular complexity index is 873. The number of rotatable bonds is 4. The molecule has 0 saturated heterocycles. The van der Waals surface area contributed by atoms with E-state index in [-0.39, 0.29) is 23.4 Å². The Morgan fingerprint density at radius 2 is 1.96 bits per heavy atom. The zero-order valence-corrected chi connectivity index (χ0v) is 14.0. The number of ether oxygens (including phenoxy) is 2. The van der Waals surface area contributed by atoms with Crippen LogP contribution >= 0.6 is 0 Å². The lowest BCUT2D eigenvalue weighted by molar-refractivity contribution is -0.135. The van der Waals surface area contributed by atoms with E-state index in [1.165, 1.54) is 5.56 Å². The molecule has 4 rings (SSSR count). The lowest BCUT2D eigenvalue weighted by atomic mass is 10.1. The van der Waals surface area contributed by atoms with Crippen LogP contribution in [0.15, 0.2) is 48.2 Å². The summed E-state index contributed by atoms with van der Waals surface area (Å²) < 4.78 is 11.0. The number of benzene rings is 2. The number of allylic oxidation sites excluding steroid dienone is 1. The molecule has 1 saturated carbocycles. The van der Waals surface area contributed by atoms with Crippen molar-refractivity contribution in [2.75, 3.05) is 0 Å². The van der Waals surface area contributed by atoms with Gasteiger partial charge in [-0.05, 0) is 48.6 Å². The van der Waals surface area contributed by atoms with Gasteiger partial charge in [-0.15, -0.1) is 0 Å². The summed E-state index contributed by atoms with van der Waals surface area (Å²) in [7, 11) is 0. The molecule has 1 heterocycles. The number of ketones is 1. The summed E-state index contributed by atoms with van der Waals surface area (Å²) in [6.07, 6.45) is 4.49. The van der Waals surface area contributed by atoms with Crippen molar-refractivity contribution in [1.29, 1.82) is 0 Å². The molecule has 0 spiro atoms. The van der Waals surface area contributed by atoms with E-state index in [2.05, 4.69) is 6.92 Å². The molecule has 2 aliphatic rings. The molecule has 0 aromatic heterocycles. The van der Waals surface area contributed by atoms with E-state index in [0.717, 1.165) is 24.8 Å². The normalized spacial score (nSPS) is 17.3. The Morgan fingerprint density at radius 1 is 1.20 bits per heavy atom. The third kappa shape index (κ3) is 3.20. The fourth-order valence-corrected chi connectivity index (χ4v) is 2.75. The Morgan fingerprint density at radius 3 is 2.64 bits per heavy atom. The molecule has 0 radical (unpaired) electrons. The van der Waals surface area contributed by atoms with Crippen LogP contribution in [0.2, 0.25) is 0 Å². The van der Waals surface area contributed by atoms with E-state index >= 15 is 0 Å². The van der Waals surface area contributed by atoms with Gasteiger partial charge < -0.3 is 9.47 Å². The van der Waals surface area contributed by atoms with Crippen molar-refractivity contribution in [1.82, 2.24) is 0 Å². The van der Waals surface area contributed by atoms with E-state index in [9.17, 15) is 9.59 Å². The Labute approximate surface area is 146 Å². The molecule has 4 nitrogen and oxygen atoms in total. The molecule has 0 N–H and O–H groups in total. The number of carbonyl (C=O) groups excluding carboxylic acids is 2. The number of hydrogen-bond donors (Lipinski definition) is 0. The second-order valence-corrected chi connectivity index (χ2v) is 6.39. The second kappa shape index (κ2) is 6.20. The van der Waals surface area contributed by atoms with Crippen molar-refractivity contribution >= 4 is 17.8 Å². The van der Waals surface area contributed by atoms with Gasteiger partial charge in [-0.3, -0.25) is 9.59 Å². The molecule has 2 aromatic rings. The minimum atomic E-state index is -0.212. The number of esters is 1. The molecule has 25 heavy (non-hydrogen) atoms. The summed E-state index contributed by atoms with van der Waals surface area (Å²) in [6.45, 7) is 2.10. The Kier molecular flexibility index (Phi) is 3.88. The molecule has 2 aromatic carbocycles. The highest BCUT2D eigenvalue weighted by Crippen LogP contribution is 2.36. The maximum absolute atomic E-state index is 12.5. The highest BCUT2D eigenvalue weighted by atomic mass is 16.5. The van der Waals surface area contributed by atoms with Crippen LogP contribution in [0.5, 0.6) is 11.5 Å². The maximum Gasteiger partial charge on any atom is 0.314 e. The van der Waals surface area contributed by atoms with Crippen molar-refractivity contribution in [3.05, 3.63) is 64.9 Å².